The summed E-state index contributed by atoms with van der Waals surface area (Å²) in [6, 6.07) is 5.87. The summed E-state index contributed by atoms with van der Waals surface area (Å²) in [6.45, 7) is 2.53. The van der Waals surface area contributed by atoms with E-state index in [1.807, 2.05) is 0 Å². The van der Waals surface area contributed by atoms with Gasteiger partial charge in [-0.05, 0) is 31.0 Å². The Morgan fingerprint density at radius 3 is 3.00 bits per heavy atom. The van der Waals surface area contributed by atoms with Crippen molar-refractivity contribution in [3.63, 3.8) is 0 Å². The van der Waals surface area contributed by atoms with Gasteiger partial charge in [-0.1, -0.05) is 12.1 Å². The molecule has 0 saturated carbocycles. The molecule has 18 heavy (non-hydrogen) atoms. The highest BCUT2D eigenvalue weighted by Gasteiger charge is 2.38. The van der Waals surface area contributed by atoms with E-state index in [2.05, 4.69) is 5.32 Å². The molecule has 2 rings (SSSR count). The van der Waals surface area contributed by atoms with Crippen molar-refractivity contribution >= 4 is 5.91 Å². The molecule has 4 nitrogen and oxygen atoms in total. The quantitative estimate of drug-likeness (QED) is 0.847. The van der Waals surface area contributed by atoms with Crippen LogP contribution in [0.4, 0.5) is 4.39 Å². The fourth-order valence-corrected chi connectivity index (χ4v) is 1.96. The Labute approximate surface area is 105 Å². The van der Waals surface area contributed by atoms with E-state index in [-0.39, 0.29) is 24.4 Å². The number of hydrogen-bond acceptors (Lipinski definition) is 3. The lowest BCUT2D eigenvalue weighted by atomic mass is 9.98. The van der Waals surface area contributed by atoms with Gasteiger partial charge in [-0.15, -0.1) is 0 Å². The maximum absolute atomic E-state index is 13.1. The van der Waals surface area contributed by atoms with E-state index in [1.165, 1.54) is 12.1 Å². The number of carbonyl (C=O) groups excluding carboxylic acids is 1. The zero-order chi connectivity index (χ0) is 13.2. The van der Waals surface area contributed by atoms with Gasteiger partial charge < -0.3 is 15.8 Å². The molecule has 1 aromatic carbocycles. The van der Waals surface area contributed by atoms with E-state index in [0.29, 0.717) is 18.6 Å². The standard InChI is InChI=1S/C13H17FN2O2/c1-9(10-3-2-4-11(14)7-10)16-12(17)13(15)5-6-18-8-13/h2-4,7,9H,5-6,8,15H2,1H3,(H,16,17)/t9-,13?/m0/s1. The molecular weight excluding hydrogens is 235 g/mol. The average Bonchev–Trinajstić information content (AvgIpc) is 2.77. The first-order valence-electron chi connectivity index (χ1n) is 5.94. The summed E-state index contributed by atoms with van der Waals surface area (Å²) in [5.41, 5.74) is 5.70. The molecule has 1 aliphatic rings. The third kappa shape index (κ3) is 2.68. The SMILES string of the molecule is C[C@H](NC(=O)C1(N)CCOC1)c1cccc(F)c1. The third-order valence-electron chi connectivity index (χ3n) is 3.20. The summed E-state index contributed by atoms with van der Waals surface area (Å²) < 4.78 is 18.2. The number of benzene rings is 1. The molecular formula is C13H17FN2O2. The van der Waals surface area contributed by atoms with E-state index in [4.69, 9.17) is 10.5 Å². The predicted molar refractivity (Wildman–Crippen MR) is 65.3 cm³/mol. The van der Waals surface area contributed by atoms with E-state index >= 15 is 0 Å². The van der Waals surface area contributed by atoms with Crippen LogP contribution in [-0.2, 0) is 9.53 Å². The highest BCUT2D eigenvalue weighted by atomic mass is 19.1. The smallest absolute Gasteiger partial charge is 0.243 e. The summed E-state index contributed by atoms with van der Waals surface area (Å²) in [7, 11) is 0. The molecule has 1 amide bonds. The van der Waals surface area contributed by atoms with Crippen molar-refractivity contribution in [2.75, 3.05) is 13.2 Å². The Balaban J connectivity index is 2.03. The van der Waals surface area contributed by atoms with Crippen LogP contribution in [0, 0.1) is 5.82 Å². The van der Waals surface area contributed by atoms with Crippen LogP contribution >= 0.6 is 0 Å². The highest BCUT2D eigenvalue weighted by molar-refractivity contribution is 5.86. The molecule has 1 heterocycles. The van der Waals surface area contributed by atoms with Crippen LogP contribution in [0.15, 0.2) is 24.3 Å². The van der Waals surface area contributed by atoms with Gasteiger partial charge in [-0.3, -0.25) is 4.79 Å². The minimum absolute atomic E-state index is 0.231. The molecule has 1 aromatic rings. The topological polar surface area (TPSA) is 64.4 Å². The average molecular weight is 252 g/mol. The van der Waals surface area contributed by atoms with Crippen molar-refractivity contribution in [3.8, 4) is 0 Å². The van der Waals surface area contributed by atoms with E-state index in [0.717, 1.165) is 0 Å². The van der Waals surface area contributed by atoms with Gasteiger partial charge in [0, 0.05) is 6.61 Å². The van der Waals surface area contributed by atoms with Gasteiger partial charge in [0.25, 0.3) is 0 Å². The summed E-state index contributed by atoms with van der Waals surface area (Å²) in [6.07, 6.45) is 0.509. The lowest BCUT2D eigenvalue weighted by Crippen LogP contribution is -2.54. The van der Waals surface area contributed by atoms with Gasteiger partial charge in [0.15, 0.2) is 0 Å². The second-order valence-electron chi connectivity index (χ2n) is 4.71. The molecule has 5 heteroatoms. The summed E-state index contributed by atoms with van der Waals surface area (Å²) in [5, 5.41) is 2.80. The normalized spacial score (nSPS) is 24.8. The van der Waals surface area contributed by atoms with Crippen LogP contribution in [-0.4, -0.2) is 24.7 Å². The van der Waals surface area contributed by atoms with E-state index in [9.17, 15) is 9.18 Å². The molecule has 0 radical (unpaired) electrons. The molecule has 0 aromatic heterocycles. The second kappa shape index (κ2) is 5.04. The molecule has 1 unspecified atom stereocenters. The maximum Gasteiger partial charge on any atom is 0.243 e. The first-order valence-corrected chi connectivity index (χ1v) is 5.94. The van der Waals surface area contributed by atoms with Gasteiger partial charge in [0.05, 0.1) is 12.6 Å². The molecule has 1 saturated heterocycles. The van der Waals surface area contributed by atoms with Gasteiger partial charge in [0.1, 0.15) is 11.4 Å². The Hall–Kier alpha value is -1.46. The van der Waals surface area contributed by atoms with Gasteiger partial charge >= 0.3 is 0 Å². The molecule has 0 aliphatic carbocycles. The second-order valence-corrected chi connectivity index (χ2v) is 4.71. The van der Waals surface area contributed by atoms with E-state index in [1.54, 1.807) is 19.1 Å². The Bertz CT molecular complexity index is 444. The number of hydrogen-bond donors (Lipinski definition) is 2. The third-order valence-corrected chi connectivity index (χ3v) is 3.20. The zero-order valence-electron chi connectivity index (χ0n) is 10.3. The van der Waals surface area contributed by atoms with Gasteiger partial charge in [0.2, 0.25) is 5.91 Å². The number of nitrogens with one attached hydrogen (secondary N) is 1. The van der Waals surface area contributed by atoms with Crippen molar-refractivity contribution in [1.29, 1.82) is 0 Å². The number of rotatable bonds is 3. The molecule has 1 fully saturated rings. The number of amides is 1. The fourth-order valence-electron chi connectivity index (χ4n) is 1.96. The lowest BCUT2D eigenvalue weighted by molar-refractivity contribution is -0.127. The van der Waals surface area contributed by atoms with Crippen LogP contribution < -0.4 is 11.1 Å². The number of halogens is 1. The highest BCUT2D eigenvalue weighted by Crippen LogP contribution is 2.19. The van der Waals surface area contributed by atoms with Crippen molar-refractivity contribution in [2.24, 2.45) is 5.73 Å². The first kappa shape index (κ1) is 13.0. The Morgan fingerprint density at radius 2 is 2.39 bits per heavy atom. The maximum atomic E-state index is 13.1. The van der Waals surface area contributed by atoms with Crippen molar-refractivity contribution in [2.45, 2.75) is 24.9 Å². The summed E-state index contributed by atoms with van der Waals surface area (Å²) >= 11 is 0. The fraction of sp³-hybridized carbons (Fsp3) is 0.462. The number of nitrogens with two attached hydrogens (primary N) is 1. The predicted octanol–water partition coefficient (Wildman–Crippen LogP) is 1.12. The van der Waals surface area contributed by atoms with Crippen LogP contribution in [0.25, 0.3) is 0 Å². The summed E-state index contributed by atoms with van der Waals surface area (Å²) in [5.74, 6) is -0.572. The van der Waals surface area contributed by atoms with Crippen molar-refractivity contribution < 1.29 is 13.9 Å². The number of ether oxygens (including phenoxy) is 1. The minimum atomic E-state index is -0.957. The molecule has 0 bridgehead atoms. The Morgan fingerprint density at radius 1 is 1.61 bits per heavy atom. The van der Waals surface area contributed by atoms with Crippen LogP contribution in [0.2, 0.25) is 0 Å². The molecule has 0 spiro atoms. The van der Waals surface area contributed by atoms with Gasteiger partial charge in [-0.2, -0.15) is 0 Å². The lowest BCUT2D eigenvalue weighted by Gasteiger charge is -2.24. The van der Waals surface area contributed by atoms with Crippen LogP contribution in [0.3, 0.4) is 0 Å². The number of carbonyl (C=O) groups is 1. The minimum Gasteiger partial charge on any atom is -0.379 e. The largest absolute Gasteiger partial charge is 0.379 e. The van der Waals surface area contributed by atoms with Crippen LogP contribution in [0.5, 0.6) is 0 Å². The first-order chi connectivity index (χ1) is 8.51. The van der Waals surface area contributed by atoms with Crippen molar-refractivity contribution in [3.05, 3.63) is 35.6 Å². The molecule has 3 N–H and O–H groups in total. The summed E-state index contributed by atoms with van der Waals surface area (Å²) in [4.78, 5) is 12.0. The molecule has 98 valence electrons. The Kier molecular flexibility index (Phi) is 3.63. The van der Waals surface area contributed by atoms with Crippen molar-refractivity contribution in [1.82, 2.24) is 5.32 Å². The molecule has 2 atom stereocenters. The van der Waals surface area contributed by atoms with E-state index < -0.39 is 5.54 Å². The van der Waals surface area contributed by atoms with Gasteiger partial charge in [-0.25, -0.2) is 4.39 Å². The van der Waals surface area contributed by atoms with Crippen LogP contribution in [0.1, 0.15) is 24.9 Å². The molecule has 1 aliphatic heterocycles. The zero-order valence-corrected chi connectivity index (χ0v) is 10.3. The monoisotopic (exact) mass is 252 g/mol.